The molecule has 1 aliphatic heterocycles. The van der Waals surface area contributed by atoms with Gasteiger partial charge in [-0.1, -0.05) is 66.7 Å². The van der Waals surface area contributed by atoms with E-state index in [1.165, 1.54) is 11.3 Å². The van der Waals surface area contributed by atoms with E-state index in [-0.39, 0.29) is 34.6 Å². The number of Topliss-reactive ketones (excluding diaryl/α,β-unsaturated/α-hetero) is 2. The molecular weight excluding hydrogens is 412 g/mol. The maximum absolute atomic E-state index is 13.3. The topological polar surface area (TPSA) is 51.2 Å². The summed E-state index contributed by atoms with van der Waals surface area (Å²) in [7, 11) is 0. The molecule has 0 radical (unpaired) electrons. The van der Waals surface area contributed by atoms with Crippen molar-refractivity contribution < 1.29 is 14.4 Å². The zero-order chi connectivity index (χ0) is 20.9. The third-order valence-corrected chi connectivity index (χ3v) is 8.05. The lowest BCUT2D eigenvalue weighted by Gasteiger charge is -2.39. The van der Waals surface area contributed by atoms with Gasteiger partial charge in [0.1, 0.15) is 6.29 Å². The summed E-state index contributed by atoms with van der Waals surface area (Å²) in [5.41, 5.74) is 1.65. The Morgan fingerprint density at radius 2 is 1.63 bits per heavy atom. The van der Waals surface area contributed by atoms with Gasteiger partial charge in [0, 0.05) is 23.8 Å². The first-order chi connectivity index (χ1) is 14.7. The molecular formula is C25H22O3S2. The van der Waals surface area contributed by atoms with Gasteiger partial charge in [-0.15, -0.1) is 23.1 Å². The zero-order valence-corrected chi connectivity index (χ0v) is 18.0. The fraction of sp³-hybridized carbons (Fsp3) is 0.240. The molecule has 0 unspecified atom stereocenters. The number of aldehydes is 1. The fourth-order valence-corrected chi connectivity index (χ4v) is 6.58. The van der Waals surface area contributed by atoms with Crippen LogP contribution in [0.2, 0.25) is 0 Å². The molecule has 1 saturated heterocycles. The number of thiophene rings is 1. The molecule has 1 aromatic heterocycles. The summed E-state index contributed by atoms with van der Waals surface area (Å²) in [6.45, 7) is 0. The zero-order valence-electron chi connectivity index (χ0n) is 16.3. The van der Waals surface area contributed by atoms with E-state index in [1.54, 1.807) is 11.8 Å². The molecule has 0 N–H and O–H groups in total. The first-order valence-corrected chi connectivity index (χ1v) is 11.9. The van der Waals surface area contributed by atoms with Gasteiger partial charge in [0.2, 0.25) is 0 Å². The second-order valence-electron chi connectivity index (χ2n) is 7.50. The highest BCUT2D eigenvalue weighted by Crippen LogP contribution is 2.46. The molecule has 1 fully saturated rings. The van der Waals surface area contributed by atoms with Crippen molar-refractivity contribution >= 4 is 41.0 Å². The molecule has 30 heavy (non-hydrogen) atoms. The monoisotopic (exact) mass is 434 g/mol. The first kappa shape index (κ1) is 20.8. The number of rotatable bonds is 7. The minimum atomic E-state index is -0.379. The van der Waals surface area contributed by atoms with E-state index in [9.17, 15) is 14.4 Å². The standard InChI is InChI=1S/C25H22O3S2/c26-15-20-19(14-21(27)17-8-3-1-4-9-17)16-30-25(24(28)22-12-7-13-29-22)23(20)18-10-5-2-6-11-18/h1-13,15,19-20,23,25H,14,16H2/t19-,20+,23-,25-/m1/s1. The van der Waals surface area contributed by atoms with E-state index in [0.717, 1.165) is 16.7 Å². The van der Waals surface area contributed by atoms with Crippen molar-refractivity contribution in [2.45, 2.75) is 17.6 Å². The lowest BCUT2D eigenvalue weighted by Crippen LogP contribution is -2.41. The van der Waals surface area contributed by atoms with Crippen LogP contribution in [0.15, 0.2) is 78.2 Å². The molecule has 0 amide bonds. The minimum Gasteiger partial charge on any atom is -0.303 e. The highest BCUT2D eigenvalue weighted by Gasteiger charge is 2.44. The van der Waals surface area contributed by atoms with Gasteiger partial charge in [0.15, 0.2) is 11.6 Å². The van der Waals surface area contributed by atoms with Crippen molar-refractivity contribution in [1.29, 1.82) is 0 Å². The molecule has 4 atom stereocenters. The van der Waals surface area contributed by atoms with Crippen LogP contribution in [0, 0.1) is 11.8 Å². The average molecular weight is 435 g/mol. The molecule has 2 aromatic carbocycles. The van der Waals surface area contributed by atoms with Crippen molar-refractivity contribution in [3.63, 3.8) is 0 Å². The Balaban J connectivity index is 1.64. The summed E-state index contributed by atoms with van der Waals surface area (Å²) in [4.78, 5) is 39.1. The van der Waals surface area contributed by atoms with Crippen LogP contribution in [0.25, 0.3) is 0 Å². The molecule has 0 bridgehead atoms. The van der Waals surface area contributed by atoms with Crippen molar-refractivity contribution in [2.75, 3.05) is 5.75 Å². The van der Waals surface area contributed by atoms with Crippen molar-refractivity contribution in [3.8, 4) is 0 Å². The van der Waals surface area contributed by atoms with Crippen LogP contribution in [0.4, 0.5) is 0 Å². The second-order valence-corrected chi connectivity index (χ2v) is 9.62. The second kappa shape index (κ2) is 9.54. The predicted molar refractivity (Wildman–Crippen MR) is 123 cm³/mol. The molecule has 0 saturated carbocycles. The van der Waals surface area contributed by atoms with Crippen LogP contribution < -0.4 is 0 Å². The van der Waals surface area contributed by atoms with Crippen LogP contribution in [0.1, 0.15) is 37.9 Å². The van der Waals surface area contributed by atoms with Gasteiger partial charge in [-0.3, -0.25) is 9.59 Å². The summed E-state index contributed by atoms with van der Waals surface area (Å²) in [6.07, 6.45) is 1.28. The Morgan fingerprint density at radius 3 is 2.27 bits per heavy atom. The normalized spacial score (nSPS) is 23.6. The van der Waals surface area contributed by atoms with Gasteiger partial charge < -0.3 is 4.79 Å². The van der Waals surface area contributed by atoms with E-state index >= 15 is 0 Å². The molecule has 4 rings (SSSR count). The summed E-state index contributed by atoms with van der Waals surface area (Å²) < 4.78 is 0. The average Bonchev–Trinajstić information content (AvgIpc) is 3.34. The maximum Gasteiger partial charge on any atom is 0.186 e. The SMILES string of the molecule is O=C[C@H]1[C@H](CC(=O)c2ccccc2)CS[C@@H](C(=O)c2cccs2)[C@@H]1c1ccccc1. The fourth-order valence-electron chi connectivity index (χ4n) is 4.18. The van der Waals surface area contributed by atoms with Gasteiger partial charge >= 0.3 is 0 Å². The molecule has 3 aromatic rings. The highest BCUT2D eigenvalue weighted by molar-refractivity contribution is 8.00. The van der Waals surface area contributed by atoms with Crippen LogP contribution in [0.3, 0.4) is 0 Å². The van der Waals surface area contributed by atoms with E-state index < -0.39 is 0 Å². The third kappa shape index (κ3) is 4.32. The Bertz CT molecular complexity index is 999. The van der Waals surface area contributed by atoms with Crippen LogP contribution >= 0.6 is 23.1 Å². The number of carbonyl (C=O) groups excluding carboxylic acids is 3. The minimum absolute atomic E-state index is 0.0443. The summed E-state index contributed by atoms with van der Waals surface area (Å²) >= 11 is 3.02. The lowest BCUT2D eigenvalue weighted by molar-refractivity contribution is -0.113. The van der Waals surface area contributed by atoms with Crippen molar-refractivity contribution in [2.24, 2.45) is 11.8 Å². The van der Waals surface area contributed by atoms with Crippen molar-refractivity contribution in [3.05, 3.63) is 94.2 Å². The number of hydrogen-bond acceptors (Lipinski definition) is 5. The van der Waals surface area contributed by atoms with E-state index in [0.29, 0.717) is 17.7 Å². The lowest BCUT2D eigenvalue weighted by atomic mass is 9.74. The third-order valence-electron chi connectivity index (χ3n) is 5.68. The Kier molecular flexibility index (Phi) is 6.60. The van der Waals surface area contributed by atoms with E-state index in [4.69, 9.17) is 0 Å². The van der Waals surface area contributed by atoms with Crippen LogP contribution in [-0.4, -0.2) is 28.9 Å². The molecule has 0 aliphatic carbocycles. The molecule has 2 heterocycles. The van der Waals surface area contributed by atoms with E-state index in [1.807, 2.05) is 78.2 Å². The largest absolute Gasteiger partial charge is 0.303 e. The molecule has 3 nitrogen and oxygen atoms in total. The quantitative estimate of drug-likeness (QED) is 0.362. The molecule has 5 heteroatoms. The molecule has 0 spiro atoms. The van der Waals surface area contributed by atoms with Crippen LogP contribution in [-0.2, 0) is 4.79 Å². The number of thioether (sulfide) groups is 1. The number of carbonyl (C=O) groups is 3. The highest BCUT2D eigenvalue weighted by atomic mass is 32.2. The van der Waals surface area contributed by atoms with Gasteiger partial charge in [0.25, 0.3) is 0 Å². The Labute approximate surface area is 184 Å². The summed E-state index contributed by atoms with van der Waals surface area (Å²) in [5.74, 6) is 0.0117. The number of hydrogen-bond donors (Lipinski definition) is 0. The number of ketones is 2. The van der Waals surface area contributed by atoms with Gasteiger partial charge in [0.05, 0.1) is 10.1 Å². The van der Waals surface area contributed by atoms with Crippen molar-refractivity contribution in [1.82, 2.24) is 0 Å². The van der Waals surface area contributed by atoms with Gasteiger partial charge in [-0.05, 0) is 28.7 Å². The van der Waals surface area contributed by atoms with Crippen LogP contribution in [0.5, 0.6) is 0 Å². The van der Waals surface area contributed by atoms with Gasteiger partial charge in [-0.25, -0.2) is 0 Å². The summed E-state index contributed by atoms with van der Waals surface area (Å²) in [6, 6.07) is 22.7. The smallest absolute Gasteiger partial charge is 0.186 e. The van der Waals surface area contributed by atoms with E-state index in [2.05, 4.69) is 0 Å². The maximum atomic E-state index is 13.3. The Morgan fingerprint density at radius 1 is 0.933 bits per heavy atom. The predicted octanol–water partition coefficient (Wildman–Crippen LogP) is 5.53. The number of benzene rings is 2. The Hall–Kier alpha value is -2.50. The molecule has 1 aliphatic rings. The summed E-state index contributed by atoms with van der Waals surface area (Å²) in [5, 5.41) is 1.57. The molecule has 152 valence electrons. The first-order valence-electron chi connectivity index (χ1n) is 9.97. The van der Waals surface area contributed by atoms with Gasteiger partial charge in [-0.2, -0.15) is 0 Å².